The first-order valence-corrected chi connectivity index (χ1v) is 26.9. The zero-order chi connectivity index (χ0) is 61.8. The summed E-state index contributed by atoms with van der Waals surface area (Å²) in [6, 6.07) is 23.6. The number of pyridine rings is 3. The molecule has 87 heavy (non-hydrogen) atoms. The molecule has 0 fully saturated rings. The lowest BCUT2D eigenvalue weighted by Crippen LogP contribution is -2.35. The van der Waals surface area contributed by atoms with Crippen LogP contribution < -0.4 is 44.4 Å². The van der Waals surface area contributed by atoms with Crippen LogP contribution in [-0.2, 0) is 0 Å². The van der Waals surface area contributed by atoms with Gasteiger partial charge in [0.1, 0.15) is 17.5 Å². The van der Waals surface area contributed by atoms with E-state index in [2.05, 4.69) is 46.2 Å². The number of hydrogen-bond acceptors (Lipinski definition) is 15. The van der Waals surface area contributed by atoms with Crippen molar-refractivity contribution in [3.63, 3.8) is 0 Å². The van der Waals surface area contributed by atoms with Gasteiger partial charge in [0, 0.05) is 91.3 Å². The van der Waals surface area contributed by atoms with Crippen molar-refractivity contribution in [2.75, 3.05) is 58.6 Å². The Hall–Kier alpha value is -9.69. The van der Waals surface area contributed by atoms with Crippen LogP contribution >= 0.6 is 0 Å². The highest BCUT2D eigenvalue weighted by atomic mass is 19.4. The number of fused-ring (bicyclic) bond motifs is 3. The van der Waals surface area contributed by atoms with Crippen molar-refractivity contribution < 1.29 is 67.9 Å². The SMILES string of the molecule is COc1ccc(C2CC(C(F)(F)F)n3nc(-c4ccncc4)cc3N2)cc1OC.COc1ccc([C@@H]2C[C@H](C(F)(F)F)n3nc(-c4ccncc4)cc3N2)cc1OC.COc1ccc([C@H]2C[C@@H](C(F)(F)F)n3nc(-c4ccncc4)cc3N2)cc1OC. The van der Waals surface area contributed by atoms with Crippen molar-refractivity contribution in [2.45, 2.75) is 74.0 Å². The highest BCUT2D eigenvalue weighted by Gasteiger charge is 2.49. The van der Waals surface area contributed by atoms with Gasteiger partial charge in [0.05, 0.1) is 77.9 Å². The quantitative estimate of drug-likeness (QED) is 0.0981. The van der Waals surface area contributed by atoms with Gasteiger partial charge in [0.2, 0.25) is 0 Å². The van der Waals surface area contributed by atoms with Crippen LogP contribution in [0, 0.1) is 0 Å². The summed E-state index contributed by atoms with van der Waals surface area (Å²) >= 11 is 0. The molecule has 6 atom stereocenters. The molecule has 12 rings (SSSR count). The van der Waals surface area contributed by atoms with Crippen molar-refractivity contribution in [1.29, 1.82) is 0 Å². The maximum atomic E-state index is 13.8. The molecule has 3 N–H and O–H groups in total. The van der Waals surface area contributed by atoms with Crippen LogP contribution in [0.2, 0.25) is 0 Å². The molecule has 0 saturated carbocycles. The maximum absolute atomic E-state index is 13.8. The lowest BCUT2D eigenvalue weighted by atomic mass is 9.96. The van der Waals surface area contributed by atoms with E-state index in [9.17, 15) is 39.5 Å². The summed E-state index contributed by atoms with van der Waals surface area (Å²) < 4.78 is 159. The van der Waals surface area contributed by atoms with Gasteiger partial charge in [-0.15, -0.1) is 0 Å². The Kier molecular flexibility index (Phi) is 17.4. The summed E-state index contributed by atoms with van der Waals surface area (Å²) in [7, 11) is 9.00. The van der Waals surface area contributed by atoms with E-state index in [0.717, 1.165) is 14.0 Å². The third-order valence-corrected chi connectivity index (χ3v) is 14.9. The summed E-state index contributed by atoms with van der Waals surface area (Å²) in [4.78, 5) is 11.8. The van der Waals surface area contributed by atoms with E-state index >= 15 is 0 Å². The normalized spacial score (nSPS) is 18.7. The highest BCUT2D eigenvalue weighted by molar-refractivity contribution is 5.66. The smallest absolute Gasteiger partial charge is 0.410 e. The predicted molar refractivity (Wildman–Crippen MR) is 303 cm³/mol. The number of ether oxygens (including phenoxy) is 6. The molecule has 0 radical (unpaired) electrons. The Balaban J connectivity index is 0.000000144. The first-order chi connectivity index (χ1) is 41.7. The molecule has 0 saturated heterocycles. The number of rotatable bonds is 12. The molecule has 9 aromatic rings. The Bertz CT molecular complexity index is 3400. The number of aromatic nitrogens is 9. The molecule has 3 aliphatic rings. The van der Waals surface area contributed by atoms with Crippen molar-refractivity contribution in [2.24, 2.45) is 0 Å². The average molecular weight is 1210 g/mol. The van der Waals surface area contributed by atoms with E-state index in [4.69, 9.17) is 28.4 Å². The van der Waals surface area contributed by atoms with E-state index < -0.39 is 54.8 Å². The minimum atomic E-state index is -4.44. The molecule has 27 heteroatoms. The summed E-state index contributed by atoms with van der Waals surface area (Å²) in [5, 5.41) is 22.2. The molecule has 6 aromatic heterocycles. The first-order valence-electron chi connectivity index (χ1n) is 26.9. The lowest BCUT2D eigenvalue weighted by molar-refractivity contribution is -0.174. The first kappa shape index (κ1) is 60.4. The maximum Gasteiger partial charge on any atom is 0.410 e. The molecule has 0 spiro atoms. The number of halogens is 9. The molecule has 2 unspecified atom stereocenters. The summed E-state index contributed by atoms with van der Waals surface area (Å²) in [6.07, 6.45) is -4.42. The minimum Gasteiger partial charge on any atom is -0.493 e. The number of nitrogens with one attached hydrogen (secondary N) is 3. The summed E-state index contributed by atoms with van der Waals surface area (Å²) in [6.45, 7) is 0. The zero-order valence-electron chi connectivity index (χ0n) is 47.3. The van der Waals surface area contributed by atoms with Crippen molar-refractivity contribution in [3.8, 4) is 68.3 Å². The van der Waals surface area contributed by atoms with E-state index in [1.54, 1.807) is 146 Å². The van der Waals surface area contributed by atoms with Gasteiger partial charge < -0.3 is 44.4 Å². The van der Waals surface area contributed by atoms with Crippen LogP contribution in [0.4, 0.5) is 57.0 Å². The van der Waals surface area contributed by atoms with Gasteiger partial charge in [-0.25, -0.2) is 14.0 Å². The molecule has 456 valence electrons. The third kappa shape index (κ3) is 13.1. The number of hydrogen-bond donors (Lipinski definition) is 3. The average Bonchev–Trinajstić information content (AvgIpc) is 1.88. The molecule has 3 aliphatic heterocycles. The monoisotopic (exact) mass is 1210 g/mol. The second-order valence-electron chi connectivity index (χ2n) is 20.1. The third-order valence-electron chi connectivity index (χ3n) is 14.9. The van der Waals surface area contributed by atoms with E-state index in [1.807, 2.05) is 0 Å². The molecule has 0 bridgehead atoms. The van der Waals surface area contributed by atoms with Crippen LogP contribution in [0.15, 0.2) is 146 Å². The van der Waals surface area contributed by atoms with Gasteiger partial charge in [0.25, 0.3) is 0 Å². The summed E-state index contributed by atoms with van der Waals surface area (Å²) in [5.74, 6) is 3.88. The van der Waals surface area contributed by atoms with Crippen molar-refractivity contribution in [3.05, 3.63) is 163 Å². The van der Waals surface area contributed by atoms with Gasteiger partial charge in [-0.05, 0) is 89.5 Å². The fourth-order valence-electron chi connectivity index (χ4n) is 10.6. The van der Waals surface area contributed by atoms with E-state index in [-0.39, 0.29) is 19.3 Å². The molecule has 3 aromatic carbocycles. The van der Waals surface area contributed by atoms with Gasteiger partial charge in [0.15, 0.2) is 52.6 Å². The Morgan fingerprint density at radius 1 is 0.345 bits per heavy atom. The summed E-state index contributed by atoms with van der Waals surface area (Å²) in [5.41, 5.74) is 5.50. The Morgan fingerprint density at radius 3 is 0.805 bits per heavy atom. The molecule has 9 heterocycles. The number of alkyl halides is 9. The Morgan fingerprint density at radius 2 is 0.586 bits per heavy atom. The van der Waals surface area contributed by atoms with Gasteiger partial charge >= 0.3 is 18.5 Å². The van der Waals surface area contributed by atoms with E-state index in [1.165, 1.54) is 42.7 Å². The van der Waals surface area contributed by atoms with Crippen LogP contribution in [-0.4, -0.2) is 105 Å². The fourth-order valence-corrected chi connectivity index (χ4v) is 10.6. The molecule has 18 nitrogen and oxygen atoms in total. The van der Waals surface area contributed by atoms with Gasteiger partial charge in [-0.3, -0.25) is 15.0 Å². The largest absolute Gasteiger partial charge is 0.493 e. The van der Waals surface area contributed by atoms with Crippen LogP contribution in [0.25, 0.3) is 33.8 Å². The standard InChI is InChI=1S/3C20H19F3N4O2/c3*1-28-16-4-3-13(9-17(16)29-2)14-10-18(20(21,22)23)27-19(25-14)11-15(26-27)12-5-7-24-8-6-12/h3*3-9,11,14,18,25H,10H2,1-2H3/t2*14-,18+;/m10./s1. The molecule has 0 aliphatic carbocycles. The molecule has 0 amide bonds. The fraction of sp³-hybridized carbons (Fsp3) is 0.300. The van der Waals surface area contributed by atoms with Crippen molar-refractivity contribution in [1.82, 2.24) is 44.3 Å². The van der Waals surface area contributed by atoms with Gasteiger partial charge in [-0.2, -0.15) is 54.8 Å². The highest BCUT2D eigenvalue weighted by Crippen LogP contribution is 2.49. The van der Waals surface area contributed by atoms with Crippen molar-refractivity contribution >= 4 is 17.5 Å². The topological polar surface area (TPSA) is 184 Å². The van der Waals surface area contributed by atoms with Crippen LogP contribution in [0.5, 0.6) is 34.5 Å². The number of methoxy groups -OCH3 is 6. The lowest BCUT2D eigenvalue weighted by Gasteiger charge is -2.33. The van der Waals surface area contributed by atoms with E-state index in [0.29, 0.717) is 102 Å². The minimum absolute atomic E-state index is 0.191. The zero-order valence-corrected chi connectivity index (χ0v) is 47.3. The second-order valence-corrected chi connectivity index (χ2v) is 20.1. The predicted octanol–water partition coefficient (Wildman–Crippen LogP) is 13.9. The number of anilines is 3. The molecular weight excluding hydrogens is 1160 g/mol. The van der Waals surface area contributed by atoms with Crippen LogP contribution in [0.3, 0.4) is 0 Å². The van der Waals surface area contributed by atoms with Gasteiger partial charge in [-0.1, -0.05) is 18.2 Å². The molecular formula is C60H57F9N12O6. The second kappa shape index (κ2) is 25.1. The van der Waals surface area contributed by atoms with Crippen LogP contribution in [0.1, 0.15) is 72.2 Å². The number of benzene rings is 3. The Labute approximate surface area is 492 Å². The number of nitrogens with zero attached hydrogens (tertiary/aromatic N) is 9.